The maximum absolute atomic E-state index is 5.07. The Balaban J connectivity index is 0.000000220. The molecule has 2 rings (SSSR count). The number of hydrogen-bond acceptors (Lipinski definition) is 2. The van der Waals surface area contributed by atoms with Crippen LogP contribution in [0.25, 0.3) is 0 Å². The van der Waals surface area contributed by atoms with E-state index < -0.39 is 0 Å². The van der Waals surface area contributed by atoms with Crippen molar-refractivity contribution < 1.29 is 4.52 Å². The van der Waals surface area contributed by atoms with Gasteiger partial charge in [-0.3, -0.25) is 0 Å². The van der Waals surface area contributed by atoms with Gasteiger partial charge in [0.1, 0.15) is 5.76 Å². The van der Waals surface area contributed by atoms with Gasteiger partial charge in [0.05, 0.1) is 5.69 Å². The average molecular weight is 304 g/mol. The maximum atomic E-state index is 5.07. The van der Waals surface area contributed by atoms with Crippen LogP contribution in [-0.4, -0.2) is 9.72 Å². The fraction of sp³-hybridized carbons (Fsp3) is 0.632. The predicted molar refractivity (Wildman–Crippen MR) is 93.5 cm³/mol. The Labute approximate surface area is 135 Å². The van der Waals surface area contributed by atoms with Gasteiger partial charge >= 0.3 is 0 Å². The Morgan fingerprint density at radius 3 is 1.68 bits per heavy atom. The van der Waals surface area contributed by atoms with Crippen molar-refractivity contribution in [1.82, 2.24) is 9.72 Å². The first kappa shape index (κ1) is 18.5. The normalized spacial score (nSPS) is 12.1. The molecule has 0 saturated carbocycles. The van der Waals surface area contributed by atoms with E-state index in [1.807, 2.05) is 13.8 Å². The van der Waals surface area contributed by atoms with E-state index in [0.717, 1.165) is 11.5 Å². The lowest BCUT2D eigenvalue weighted by Gasteiger charge is -2.18. The molecule has 0 aliphatic rings. The molecule has 0 spiro atoms. The second-order valence-corrected chi connectivity index (χ2v) is 8.14. The highest BCUT2D eigenvalue weighted by molar-refractivity contribution is 5.28. The molecule has 0 atom stereocenters. The minimum atomic E-state index is 0.0991. The van der Waals surface area contributed by atoms with Crippen LogP contribution in [0.15, 0.2) is 16.8 Å². The van der Waals surface area contributed by atoms with Gasteiger partial charge in [0.2, 0.25) is 0 Å². The van der Waals surface area contributed by atoms with Gasteiger partial charge in [-0.05, 0) is 37.8 Å². The quantitative estimate of drug-likeness (QED) is 0.668. The Morgan fingerprint density at radius 1 is 0.955 bits per heavy atom. The van der Waals surface area contributed by atoms with E-state index in [2.05, 4.69) is 77.5 Å². The van der Waals surface area contributed by atoms with Gasteiger partial charge in [0.15, 0.2) is 0 Å². The first-order chi connectivity index (χ1) is 9.85. The lowest BCUT2D eigenvalue weighted by Crippen LogP contribution is -2.12. The Kier molecular flexibility index (Phi) is 5.32. The minimum absolute atomic E-state index is 0.0991. The van der Waals surface area contributed by atoms with Crippen molar-refractivity contribution in [3.05, 3.63) is 40.5 Å². The summed E-state index contributed by atoms with van der Waals surface area (Å²) in [6.07, 6.45) is 2.12. The summed E-state index contributed by atoms with van der Waals surface area (Å²) in [7, 11) is 2.09. The molecule has 3 nitrogen and oxygen atoms in total. The summed E-state index contributed by atoms with van der Waals surface area (Å²) in [5, 5.41) is 4.01. The molecule has 2 aromatic heterocycles. The summed E-state index contributed by atoms with van der Waals surface area (Å²) >= 11 is 0. The number of hydrogen-bond donors (Lipinski definition) is 0. The van der Waals surface area contributed by atoms with E-state index in [4.69, 9.17) is 4.52 Å². The zero-order valence-corrected chi connectivity index (χ0v) is 16.0. The summed E-state index contributed by atoms with van der Waals surface area (Å²) in [5.41, 5.74) is 5.44. The molecule has 3 heteroatoms. The number of rotatable bonds is 0. The topological polar surface area (TPSA) is 31.0 Å². The van der Waals surface area contributed by atoms with Gasteiger partial charge in [0, 0.05) is 29.9 Å². The summed E-state index contributed by atoms with van der Waals surface area (Å²) in [6.45, 7) is 19.3. The van der Waals surface area contributed by atoms with Crippen molar-refractivity contribution in [2.75, 3.05) is 0 Å². The lowest BCUT2D eigenvalue weighted by atomic mass is 9.87. The van der Waals surface area contributed by atoms with Crippen molar-refractivity contribution in [1.29, 1.82) is 0 Å². The van der Waals surface area contributed by atoms with Crippen LogP contribution in [0.4, 0.5) is 0 Å². The Morgan fingerprint density at radius 2 is 1.50 bits per heavy atom. The minimum Gasteiger partial charge on any atom is -0.361 e. The number of aromatic nitrogens is 2. The van der Waals surface area contributed by atoms with Crippen LogP contribution in [0, 0.1) is 20.8 Å². The summed E-state index contributed by atoms with van der Waals surface area (Å²) in [4.78, 5) is 0. The molecular formula is C19H32N2O. The molecule has 0 aliphatic heterocycles. The molecule has 0 saturated heterocycles. The van der Waals surface area contributed by atoms with Crippen LogP contribution in [0.3, 0.4) is 0 Å². The van der Waals surface area contributed by atoms with Gasteiger partial charge in [-0.15, -0.1) is 0 Å². The molecule has 0 unspecified atom stereocenters. The lowest BCUT2D eigenvalue weighted by molar-refractivity contribution is 0.375. The highest BCUT2D eigenvalue weighted by Gasteiger charge is 2.21. The standard InChI is InChI=1S/C10H17N.C9H15NO/c1-8-9(10(2,3)4)6-7-11(8)5;1-6-7(2)11-10-8(6)9(3,4)5/h6-7H,1-5H3;1-5H3. The second-order valence-electron chi connectivity index (χ2n) is 8.14. The molecule has 0 radical (unpaired) electrons. The molecule has 0 aliphatic carbocycles. The van der Waals surface area contributed by atoms with Crippen LogP contribution >= 0.6 is 0 Å². The molecular weight excluding hydrogens is 272 g/mol. The van der Waals surface area contributed by atoms with Crippen LogP contribution < -0.4 is 0 Å². The summed E-state index contributed by atoms with van der Waals surface area (Å²) < 4.78 is 7.24. The van der Waals surface area contributed by atoms with E-state index in [-0.39, 0.29) is 10.8 Å². The summed E-state index contributed by atoms with van der Waals surface area (Å²) in [6, 6.07) is 2.20. The first-order valence-electron chi connectivity index (χ1n) is 7.91. The van der Waals surface area contributed by atoms with Crippen molar-refractivity contribution in [2.24, 2.45) is 7.05 Å². The van der Waals surface area contributed by atoms with E-state index >= 15 is 0 Å². The zero-order chi connectivity index (χ0) is 17.3. The van der Waals surface area contributed by atoms with Crippen molar-refractivity contribution in [3.63, 3.8) is 0 Å². The third-order valence-corrected chi connectivity index (χ3v) is 4.06. The molecule has 124 valence electrons. The third kappa shape index (κ3) is 4.25. The predicted octanol–water partition coefficient (Wildman–Crippen LogP) is 5.22. The Hall–Kier alpha value is -1.51. The van der Waals surface area contributed by atoms with Crippen molar-refractivity contribution >= 4 is 0 Å². The molecule has 22 heavy (non-hydrogen) atoms. The van der Waals surface area contributed by atoms with E-state index in [1.165, 1.54) is 16.8 Å². The molecule has 0 bridgehead atoms. The Bertz CT molecular complexity index is 563. The highest BCUT2D eigenvalue weighted by Crippen LogP contribution is 2.26. The summed E-state index contributed by atoms with van der Waals surface area (Å²) in [5.74, 6) is 0.926. The molecule has 2 aromatic rings. The van der Waals surface area contributed by atoms with Crippen LogP contribution in [0.1, 0.15) is 69.8 Å². The second kappa shape index (κ2) is 6.31. The largest absolute Gasteiger partial charge is 0.361 e. The van der Waals surface area contributed by atoms with Crippen LogP contribution in [0.2, 0.25) is 0 Å². The SMILES string of the molecule is Cc1c(C(C)(C)C)ccn1C.Cc1onc(C(C)(C)C)c1C. The fourth-order valence-electron chi connectivity index (χ4n) is 2.52. The van der Waals surface area contributed by atoms with Gasteiger partial charge < -0.3 is 9.09 Å². The smallest absolute Gasteiger partial charge is 0.136 e. The molecule has 0 amide bonds. The van der Waals surface area contributed by atoms with Gasteiger partial charge in [-0.25, -0.2) is 0 Å². The number of nitrogens with zero attached hydrogens (tertiary/aromatic N) is 2. The highest BCUT2D eigenvalue weighted by atomic mass is 16.5. The maximum Gasteiger partial charge on any atom is 0.136 e. The van der Waals surface area contributed by atoms with Crippen LogP contribution in [0.5, 0.6) is 0 Å². The monoisotopic (exact) mass is 304 g/mol. The van der Waals surface area contributed by atoms with Crippen molar-refractivity contribution in [2.45, 2.75) is 73.1 Å². The molecule has 0 fully saturated rings. The molecule has 2 heterocycles. The van der Waals surface area contributed by atoms with Gasteiger partial charge in [0.25, 0.3) is 0 Å². The van der Waals surface area contributed by atoms with Gasteiger partial charge in [-0.1, -0.05) is 46.7 Å². The molecule has 0 N–H and O–H groups in total. The van der Waals surface area contributed by atoms with E-state index in [1.54, 1.807) is 0 Å². The van der Waals surface area contributed by atoms with E-state index in [0.29, 0.717) is 0 Å². The van der Waals surface area contributed by atoms with E-state index in [9.17, 15) is 0 Å². The molecule has 0 aromatic carbocycles. The average Bonchev–Trinajstić information content (AvgIpc) is 2.84. The third-order valence-electron chi connectivity index (χ3n) is 4.06. The fourth-order valence-corrected chi connectivity index (χ4v) is 2.52. The van der Waals surface area contributed by atoms with Gasteiger partial charge in [-0.2, -0.15) is 0 Å². The van der Waals surface area contributed by atoms with Crippen LogP contribution in [-0.2, 0) is 17.9 Å². The first-order valence-corrected chi connectivity index (χ1v) is 7.91. The van der Waals surface area contributed by atoms with Crippen molar-refractivity contribution in [3.8, 4) is 0 Å². The number of aryl methyl sites for hydroxylation is 2. The zero-order valence-electron chi connectivity index (χ0n) is 16.0.